The Kier molecular flexibility index (Phi) is 4.12. The first-order chi connectivity index (χ1) is 12.6. The SMILES string of the molecule is COC(=O)C1Cc2c([nH]c3ccccc23)C(c2ccc(OC)c(F)c2)N1. The highest BCUT2D eigenvalue weighted by Crippen LogP contribution is 2.36. The molecule has 0 radical (unpaired) electrons. The average molecular weight is 354 g/mol. The fourth-order valence-electron chi connectivity index (χ4n) is 3.65. The van der Waals surface area contributed by atoms with Crippen molar-refractivity contribution in [1.82, 2.24) is 10.3 Å². The molecule has 4 rings (SSSR count). The van der Waals surface area contributed by atoms with Gasteiger partial charge in [-0.15, -0.1) is 0 Å². The maximum Gasteiger partial charge on any atom is 0.323 e. The molecule has 26 heavy (non-hydrogen) atoms. The summed E-state index contributed by atoms with van der Waals surface area (Å²) in [6, 6.07) is 11.9. The van der Waals surface area contributed by atoms with Crippen molar-refractivity contribution < 1.29 is 18.7 Å². The number of rotatable bonds is 3. The third-order valence-corrected chi connectivity index (χ3v) is 4.91. The van der Waals surface area contributed by atoms with Crippen LogP contribution in [0, 0.1) is 5.82 Å². The van der Waals surface area contributed by atoms with Crippen molar-refractivity contribution in [3.63, 3.8) is 0 Å². The first-order valence-corrected chi connectivity index (χ1v) is 8.39. The van der Waals surface area contributed by atoms with Gasteiger partial charge in [0.15, 0.2) is 11.6 Å². The van der Waals surface area contributed by atoms with Gasteiger partial charge in [0, 0.05) is 23.0 Å². The molecule has 2 heterocycles. The van der Waals surface area contributed by atoms with Crippen LogP contribution < -0.4 is 10.1 Å². The van der Waals surface area contributed by atoms with E-state index in [9.17, 15) is 9.18 Å². The van der Waals surface area contributed by atoms with E-state index in [2.05, 4.69) is 10.3 Å². The number of benzene rings is 2. The number of aromatic nitrogens is 1. The molecule has 0 aliphatic carbocycles. The van der Waals surface area contributed by atoms with Gasteiger partial charge in [-0.05, 0) is 29.3 Å². The summed E-state index contributed by atoms with van der Waals surface area (Å²) in [7, 11) is 2.80. The summed E-state index contributed by atoms with van der Waals surface area (Å²) in [6.45, 7) is 0. The maximum absolute atomic E-state index is 14.3. The van der Waals surface area contributed by atoms with Gasteiger partial charge in [0.1, 0.15) is 6.04 Å². The van der Waals surface area contributed by atoms with Crippen molar-refractivity contribution in [3.8, 4) is 5.75 Å². The Morgan fingerprint density at radius 1 is 1.19 bits per heavy atom. The van der Waals surface area contributed by atoms with E-state index in [1.54, 1.807) is 12.1 Å². The van der Waals surface area contributed by atoms with Gasteiger partial charge in [-0.25, -0.2) is 4.39 Å². The lowest BCUT2D eigenvalue weighted by Gasteiger charge is -2.30. The predicted molar refractivity (Wildman–Crippen MR) is 95.7 cm³/mol. The van der Waals surface area contributed by atoms with Gasteiger partial charge in [0.05, 0.1) is 20.3 Å². The highest BCUT2D eigenvalue weighted by Gasteiger charge is 2.34. The zero-order valence-electron chi connectivity index (χ0n) is 14.5. The van der Waals surface area contributed by atoms with E-state index >= 15 is 0 Å². The molecule has 2 N–H and O–H groups in total. The van der Waals surface area contributed by atoms with Crippen LogP contribution in [0.5, 0.6) is 5.75 Å². The molecule has 2 atom stereocenters. The molecule has 0 spiro atoms. The molecule has 0 bridgehead atoms. The monoisotopic (exact) mass is 354 g/mol. The molecule has 0 saturated carbocycles. The van der Waals surface area contributed by atoms with Gasteiger partial charge in [-0.3, -0.25) is 10.1 Å². The second-order valence-corrected chi connectivity index (χ2v) is 6.34. The Labute approximate surface area is 150 Å². The first kappa shape index (κ1) is 16.6. The highest BCUT2D eigenvalue weighted by atomic mass is 19.1. The summed E-state index contributed by atoms with van der Waals surface area (Å²) >= 11 is 0. The molecule has 2 aromatic carbocycles. The number of fused-ring (bicyclic) bond motifs is 3. The van der Waals surface area contributed by atoms with E-state index in [-0.39, 0.29) is 17.8 Å². The second-order valence-electron chi connectivity index (χ2n) is 6.34. The van der Waals surface area contributed by atoms with Crippen LogP contribution in [0.25, 0.3) is 10.9 Å². The lowest BCUT2D eigenvalue weighted by atomic mass is 9.90. The molecular weight excluding hydrogens is 335 g/mol. The minimum absolute atomic E-state index is 0.186. The minimum Gasteiger partial charge on any atom is -0.494 e. The quantitative estimate of drug-likeness (QED) is 0.710. The number of esters is 1. The van der Waals surface area contributed by atoms with Gasteiger partial charge < -0.3 is 14.5 Å². The Balaban J connectivity index is 1.86. The molecule has 0 amide bonds. The van der Waals surface area contributed by atoms with E-state index in [1.807, 2.05) is 24.3 Å². The van der Waals surface area contributed by atoms with E-state index < -0.39 is 11.9 Å². The van der Waals surface area contributed by atoms with Gasteiger partial charge in [-0.2, -0.15) is 0 Å². The van der Waals surface area contributed by atoms with E-state index in [4.69, 9.17) is 9.47 Å². The lowest BCUT2D eigenvalue weighted by molar-refractivity contribution is -0.143. The van der Waals surface area contributed by atoms with Crippen molar-refractivity contribution >= 4 is 16.9 Å². The fourth-order valence-corrected chi connectivity index (χ4v) is 3.65. The van der Waals surface area contributed by atoms with Crippen LogP contribution in [0.4, 0.5) is 4.39 Å². The van der Waals surface area contributed by atoms with Crippen molar-refractivity contribution in [1.29, 1.82) is 0 Å². The summed E-state index contributed by atoms with van der Waals surface area (Å²) in [4.78, 5) is 15.6. The molecule has 134 valence electrons. The van der Waals surface area contributed by atoms with Crippen molar-refractivity contribution in [2.75, 3.05) is 14.2 Å². The van der Waals surface area contributed by atoms with Crippen LogP contribution in [-0.2, 0) is 16.0 Å². The number of halogens is 1. The van der Waals surface area contributed by atoms with Crippen LogP contribution >= 0.6 is 0 Å². The van der Waals surface area contributed by atoms with Gasteiger partial charge in [0.25, 0.3) is 0 Å². The Morgan fingerprint density at radius 3 is 2.73 bits per heavy atom. The maximum atomic E-state index is 14.3. The summed E-state index contributed by atoms with van der Waals surface area (Å²) in [5, 5.41) is 4.36. The van der Waals surface area contributed by atoms with E-state index in [0.29, 0.717) is 12.0 Å². The van der Waals surface area contributed by atoms with Crippen LogP contribution in [0.1, 0.15) is 22.9 Å². The molecule has 1 aliphatic heterocycles. The highest BCUT2D eigenvalue weighted by molar-refractivity contribution is 5.87. The van der Waals surface area contributed by atoms with Crippen LogP contribution in [0.2, 0.25) is 0 Å². The van der Waals surface area contributed by atoms with Crippen molar-refractivity contribution in [3.05, 3.63) is 65.1 Å². The summed E-state index contributed by atoms with van der Waals surface area (Å²) < 4.78 is 24.2. The molecule has 6 heteroatoms. The molecular formula is C20H19FN2O3. The molecule has 3 aromatic rings. The molecule has 0 fully saturated rings. The summed E-state index contributed by atoms with van der Waals surface area (Å²) in [6.07, 6.45) is 0.515. The number of ether oxygens (including phenoxy) is 2. The summed E-state index contributed by atoms with van der Waals surface area (Å²) in [5.41, 5.74) is 3.69. The fraction of sp³-hybridized carbons (Fsp3) is 0.250. The number of hydrogen-bond acceptors (Lipinski definition) is 4. The Hall–Kier alpha value is -2.86. The van der Waals surface area contributed by atoms with Gasteiger partial charge >= 0.3 is 5.97 Å². The van der Waals surface area contributed by atoms with E-state index in [1.165, 1.54) is 20.3 Å². The Morgan fingerprint density at radius 2 is 2.00 bits per heavy atom. The lowest BCUT2D eigenvalue weighted by Crippen LogP contribution is -2.45. The van der Waals surface area contributed by atoms with Gasteiger partial charge in [0.2, 0.25) is 0 Å². The number of para-hydroxylation sites is 1. The molecule has 5 nitrogen and oxygen atoms in total. The van der Waals surface area contributed by atoms with Crippen molar-refractivity contribution in [2.45, 2.75) is 18.5 Å². The number of methoxy groups -OCH3 is 2. The van der Waals surface area contributed by atoms with Crippen LogP contribution in [0.15, 0.2) is 42.5 Å². The smallest absolute Gasteiger partial charge is 0.323 e. The molecule has 2 unspecified atom stereocenters. The van der Waals surface area contributed by atoms with Crippen LogP contribution in [0.3, 0.4) is 0 Å². The van der Waals surface area contributed by atoms with Crippen LogP contribution in [-0.4, -0.2) is 31.2 Å². The number of nitrogens with one attached hydrogen (secondary N) is 2. The molecule has 1 aromatic heterocycles. The first-order valence-electron chi connectivity index (χ1n) is 8.39. The minimum atomic E-state index is -0.498. The number of carbonyl (C=O) groups excluding carboxylic acids is 1. The number of carbonyl (C=O) groups is 1. The topological polar surface area (TPSA) is 63.4 Å². The average Bonchev–Trinajstić information content (AvgIpc) is 3.05. The largest absolute Gasteiger partial charge is 0.494 e. The summed E-state index contributed by atoms with van der Waals surface area (Å²) in [5.74, 6) is -0.587. The molecule has 0 saturated heterocycles. The molecule has 1 aliphatic rings. The Bertz CT molecular complexity index is 982. The number of H-pyrrole nitrogens is 1. The van der Waals surface area contributed by atoms with Crippen molar-refractivity contribution in [2.24, 2.45) is 0 Å². The van der Waals surface area contributed by atoms with Gasteiger partial charge in [-0.1, -0.05) is 24.3 Å². The predicted octanol–water partition coefficient (Wildman–Crippen LogP) is 3.09. The zero-order valence-corrected chi connectivity index (χ0v) is 14.5. The number of aromatic amines is 1. The number of hydrogen-bond donors (Lipinski definition) is 2. The van der Waals surface area contributed by atoms with E-state index in [0.717, 1.165) is 22.2 Å². The second kappa shape index (κ2) is 6.46. The standard InChI is InChI=1S/C20H19FN2O3/c1-25-17-8-7-11(9-14(17)21)18-19-13(10-16(23-18)20(24)26-2)12-5-3-4-6-15(12)22-19/h3-9,16,18,22-23H,10H2,1-2H3. The normalized spacial score (nSPS) is 19.2. The zero-order chi connectivity index (χ0) is 18.3. The third-order valence-electron chi connectivity index (χ3n) is 4.91. The third kappa shape index (κ3) is 2.63.